The summed E-state index contributed by atoms with van der Waals surface area (Å²) in [5.41, 5.74) is 1.95. The maximum atomic E-state index is 15.0. The van der Waals surface area contributed by atoms with Gasteiger partial charge in [-0.25, -0.2) is 9.37 Å². The summed E-state index contributed by atoms with van der Waals surface area (Å²) in [7, 11) is 0. The summed E-state index contributed by atoms with van der Waals surface area (Å²) in [5, 5.41) is 7.07. The van der Waals surface area contributed by atoms with Crippen LogP contribution in [-0.2, 0) is 0 Å². The van der Waals surface area contributed by atoms with Gasteiger partial charge in [0, 0.05) is 12.1 Å². The summed E-state index contributed by atoms with van der Waals surface area (Å²) < 4.78 is 15.0. The quantitative estimate of drug-likeness (QED) is 0.330. The molecule has 2 aliphatic carbocycles. The molecule has 1 unspecified atom stereocenters. The van der Waals surface area contributed by atoms with Crippen LogP contribution in [-0.4, -0.2) is 21.9 Å². The third-order valence-corrected chi connectivity index (χ3v) is 8.83. The second-order valence-corrected chi connectivity index (χ2v) is 12.0. The summed E-state index contributed by atoms with van der Waals surface area (Å²) in [6.45, 7) is 6.94. The van der Waals surface area contributed by atoms with Gasteiger partial charge in [-0.2, -0.15) is 0 Å². The molecule has 3 aromatic rings. The zero-order valence-corrected chi connectivity index (χ0v) is 21.8. The van der Waals surface area contributed by atoms with E-state index in [1.54, 1.807) is 18.2 Å². The normalized spacial score (nSPS) is 24.4. The van der Waals surface area contributed by atoms with Crippen molar-refractivity contribution in [2.45, 2.75) is 65.3 Å². The molecule has 2 aromatic carbocycles. The zero-order chi connectivity index (χ0) is 25.0. The Morgan fingerprint density at radius 3 is 2.37 bits per heavy atom. The lowest BCUT2D eigenvalue weighted by molar-refractivity contribution is -0.00976. The Morgan fingerprint density at radius 2 is 1.77 bits per heavy atom. The number of H-pyrrole nitrogens is 1. The van der Waals surface area contributed by atoms with Gasteiger partial charge in [-0.1, -0.05) is 50.0 Å². The first-order chi connectivity index (χ1) is 16.6. The molecule has 1 atom stereocenters. The number of nitrogens with zero attached hydrogens (tertiary/aromatic N) is 1. The van der Waals surface area contributed by atoms with E-state index in [1.807, 2.05) is 0 Å². The fourth-order valence-electron chi connectivity index (χ4n) is 5.81. The Morgan fingerprint density at radius 1 is 1.11 bits per heavy atom. The SMILES string of the molecule is CC(C)(C)C1CCC2(CC1)CCC2NC(=O)c1cc2nc(Nc3c(Cl)cccc3Cl)[nH]c2cc1F. The van der Waals surface area contributed by atoms with Gasteiger partial charge in [0.2, 0.25) is 5.95 Å². The maximum absolute atomic E-state index is 15.0. The Bertz CT molecular complexity index is 1250. The van der Waals surface area contributed by atoms with Crippen molar-refractivity contribution in [2.24, 2.45) is 16.7 Å². The first-order valence-electron chi connectivity index (χ1n) is 12.3. The number of halogens is 3. The van der Waals surface area contributed by atoms with Crippen molar-refractivity contribution < 1.29 is 9.18 Å². The molecular weight excluding hydrogens is 486 g/mol. The average molecular weight is 517 g/mol. The van der Waals surface area contributed by atoms with Crippen molar-refractivity contribution in [1.82, 2.24) is 15.3 Å². The molecule has 1 spiro atoms. The van der Waals surface area contributed by atoms with Crippen LogP contribution in [0.1, 0.15) is 69.7 Å². The van der Waals surface area contributed by atoms with E-state index >= 15 is 0 Å². The highest BCUT2D eigenvalue weighted by Gasteiger charge is 2.50. The highest BCUT2D eigenvalue weighted by Crippen LogP contribution is 2.55. The summed E-state index contributed by atoms with van der Waals surface area (Å²) in [6, 6.07) is 8.08. The summed E-state index contributed by atoms with van der Waals surface area (Å²) in [6.07, 6.45) is 6.71. The van der Waals surface area contributed by atoms with Crippen LogP contribution in [0.3, 0.4) is 0 Å². The molecule has 3 N–H and O–H groups in total. The molecule has 1 aromatic heterocycles. The molecule has 1 amide bonds. The first-order valence-corrected chi connectivity index (χ1v) is 13.0. The number of para-hydroxylation sites is 1. The summed E-state index contributed by atoms with van der Waals surface area (Å²) in [5.74, 6) is 0.123. The third-order valence-electron chi connectivity index (χ3n) is 8.20. The monoisotopic (exact) mass is 516 g/mol. The van der Waals surface area contributed by atoms with Gasteiger partial charge in [-0.3, -0.25) is 4.79 Å². The lowest BCUT2D eigenvalue weighted by atomic mass is 9.54. The molecule has 5 rings (SSSR count). The van der Waals surface area contributed by atoms with E-state index in [9.17, 15) is 9.18 Å². The number of carbonyl (C=O) groups is 1. The molecule has 186 valence electrons. The number of imidazole rings is 1. The number of fused-ring (bicyclic) bond motifs is 1. The number of amides is 1. The van der Waals surface area contributed by atoms with Crippen molar-refractivity contribution in [2.75, 3.05) is 5.32 Å². The van der Waals surface area contributed by atoms with Gasteiger partial charge in [0.25, 0.3) is 5.91 Å². The van der Waals surface area contributed by atoms with Crippen LogP contribution in [0.2, 0.25) is 10.0 Å². The second kappa shape index (κ2) is 8.97. The van der Waals surface area contributed by atoms with Crippen LogP contribution in [0.25, 0.3) is 11.0 Å². The minimum Gasteiger partial charge on any atom is -0.349 e. The van der Waals surface area contributed by atoms with E-state index in [2.05, 4.69) is 41.4 Å². The number of hydrogen-bond donors (Lipinski definition) is 3. The molecule has 1 heterocycles. The molecule has 0 bridgehead atoms. The predicted octanol–water partition coefficient (Wildman–Crippen LogP) is 7.87. The first kappa shape index (κ1) is 24.4. The molecule has 0 aliphatic heterocycles. The summed E-state index contributed by atoms with van der Waals surface area (Å²) in [4.78, 5) is 20.6. The molecular formula is C27H31Cl2FN4O. The van der Waals surface area contributed by atoms with Crippen LogP contribution in [0.4, 0.5) is 16.0 Å². The van der Waals surface area contributed by atoms with Crippen molar-refractivity contribution in [3.8, 4) is 0 Å². The van der Waals surface area contributed by atoms with Gasteiger partial charge in [0.05, 0.1) is 32.3 Å². The zero-order valence-electron chi connectivity index (χ0n) is 20.3. The number of aromatic nitrogens is 2. The van der Waals surface area contributed by atoms with E-state index in [1.165, 1.54) is 25.0 Å². The fourth-order valence-corrected chi connectivity index (χ4v) is 6.31. The molecule has 35 heavy (non-hydrogen) atoms. The highest BCUT2D eigenvalue weighted by molar-refractivity contribution is 6.39. The average Bonchev–Trinajstić information content (AvgIpc) is 3.19. The van der Waals surface area contributed by atoms with E-state index in [0.29, 0.717) is 44.0 Å². The van der Waals surface area contributed by atoms with Crippen LogP contribution in [0.5, 0.6) is 0 Å². The number of hydrogen-bond acceptors (Lipinski definition) is 3. The van der Waals surface area contributed by atoms with E-state index < -0.39 is 5.82 Å². The molecule has 0 saturated heterocycles. The lowest BCUT2D eigenvalue weighted by Gasteiger charge is -2.55. The number of nitrogens with one attached hydrogen (secondary N) is 3. The number of carbonyl (C=O) groups excluding carboxylic acids is 1. The Labute approximate surface area is 215 Å². The largest absolute Gasteiger partial charge is 0.349 e. The Hall–Kier alpha value is -2.31. The molecule has 2 saturated carbocycles. The molecule has 5 nitrogen and oxygen atoms in total. The fraction of sp³-hybridized carbons (Fsp3) is 0.481. The second-order valence-electron chi connectivity index (χ2n) is 11.2. The number of rotatable bonds is 4. The maximum Gasteiger partial charge on any atom is 0.254 e. The molecule has 0 radical (unpaired) electrons. The molecule has 2 fully saturated rings. The predicted molar refractivity (Wildman–Crippen MR) is 140 cm³/mol. The number of aromatic amines is 1. The highest BCUT2D eigenvalue weighted by atomic mass is 35.5. The van der Waals surface area contributed by atoms with Crippen LogP contribution >= 0.6 is 23.2 Å². The van der Waals surface area contributed by atoms with E-state index in [-0.39, 0.29) is 22.9 Å². The molecule has 2 aliphatic rings. The minimum absolute atomic E-state index is 0.0109. The van der Waals surface area contributed by atoms with Crippen molar-refractivity contribution in [3.63, 3.8) is 0 Å². The smallest absolute Gasteiger partial charge is 0.254 e. The van der Waals surface area contributed by atoms with Crippen LogP contribution < -0.4 is 10.6 Å². The van der Waals surface area contributed by atoms with E-state index in [4.69, 9.17) is 23.2 Å². The number of benzene rings is 2. The van der Waals surface area contributed by atoms with Crippen LogP contribution in [0, 0.1) is 22.6 Å². The van der Waals surface area contributed by atoms with Gasteiger partial charge >= 0.3 is 0 Å². The van der Waals surface area contributed by atoms with Crippen molar-refractivity contribution in [3.05, 3.63) is 51.8 Å². The Balaban J connectivity index is 1.31. The van der Waals surface area contributed by atoms with Crippen molar-refractivity contribution in [1.29, 1.82) is 0 Å². The van der Waals surface area contributed by atoms with Gasteiger partial charge in [-0.15, -0.1) is 0 Å². The van der Waals surface area contributed by atoms with E-state index in [0.717, 1.165) is 25.7 Å². The van der Waals surface area contributed by atoms with Gasteiger partial charge < -0.3 is 15.6 Å². The Kier molecular flexibility index (Phi) is 6.25. The van der Waals surface area contributed by atoms with Crippen molar-refractivity contribution >= 4 is 51.8 Å². The lowest BCUT2D eigenvalue weighted by Crippen LogP contribution is -2.56. The van der Waals surface area contributed by atoms with Gasteiger partial charge in [0.1, 0.15) is 5.82 Å². The standard InChI is InChI=1S/C27H31Cl2FN4O/c1-26(2,3)15-7-10-27(11-8-15)12-9-22(27)33-24(35)16-13-20-21(14-19(16)30)32-25(31-20)34-23-17(28)5-4-6-18(23)29/h4-6,13-15,22H,7-12H2,1-3H3,(H,33,35)(H2,31,32,34). The van der Waals surface area contributed by atoms with Gasteiger partial charge in [-0.05, 0) is 73.5 Å². The van der Waals surface area contributed by atoms with Crippen LogP contribution in [0.15, 0.2) is 30.3 Å². The number of anilines is 2. The molecule has 8 heteroatoms. The van der Waals surface area contributed by atoms with Gasteiger partial charge in [0.15, 0.2) is 0 Å². The third kappa shape index (κ3) is 4.63. The summed E-state index contributed by atoms with van der Waals surface area (Å²) >= 11 is 12.5. The minimum atomic E-state index is -0.578. The topological polar surface area (TPSA) is 69.8 Å².